The second-order valence-electron chi connectivity index (χ2n) is 7.84. The Kier molecular flexibility index (Phi) is 12.1. The van der Waals surface area contributed by atoms with Crippen LogP contribution >= 0.6 is 0 Å². The third-order valence-electron chi connectivity index (χ3n) is 5.08. The van der Waals surface area contributed by atoms with Crippen molar-refractivity contribution in [3.8, 4) is 11.5 Å². The Morgan fingerprint density at radius 2 is 1.39 bits per heavy atom. The van der Waals surface area contributed by atoms with E-state index in [0.717, 1.165) is 30.7 Å². The molecule has 0 N–H and O–H groups in total. The number of carbonyl (C=O) groups excluding carboxylic acids is 1. The number of rotatable bonds is 15. The number of hydrogen-bond donors (Lipinski definition) is 0. The molecule has 4 heteroatoms. The Morgan fingerprint density at radius 1 is 0.774 bits per heavy atom. The highest BCUT2D eigenvalue weighted by Gasteiger charge is 2.09. The van der Waals surface area contributed by atoms with Gasteiger partial charge in [0.2, 0.25) is 0 Å². The largest absolute Gasteiger partial charge is 0.494 e. The van der Waals surface area contributed by atoms with E-state index in [1.807, 2.05) is 30.5 Å². The SMILES string of the molecule is CCCCCCCN=Cc1ccc(OC(=O)c2ccc(OCCCCCC)cc2)cc1. The quantitative estimate of drug-likeness (QED) is 0.131. The fraction of sp³-hybridized carbons (Fsp3) is 0.481. The Bertz CT molecular complexity index is 766. The summed E-state index contributed by atoms with van der Waals surface area (Å²) in [6.07, 6.45) is 12.8. The number of ether oxygens (including phenoxy) is 2. The second-order valence-corrected chi connectivity index (χ2v) is 7.84. The molecule has 168 valence electrons. The monoisotopic (exact) mass is 423 g/mol. The highest BCUT2D eigenvalue weighted by atomic mass is 16.5. The van der Waals surface area contributed by atoms with Gasteiger partial charge in [0.05, 0.1) is 12.2 Å². The summed E-state index contributed by atoms with van der Waals surface area (Å²) in [7, 11) is 0. The molecular weight excluding hydrogens is 386 g/mol. The summed E-state index contributed by atoms with van der Waals surface area (Å²) >= 11 is 0. The molecular formula is C27H37NO3. The van der Waals surface area contributed by atoms with Gasteiger partial charge in [-0.1, -0.05) is 58.8 Å². The van der Waals surface area contributed by atoms with E-state index >= 15 is 0 Å². The van der Waals surface area contributed by atoms with E-state index in [0.29, 0.717) is 17.9 Å². The maximum absolute atomic E-state index is 12.4. The van der Waals surface area contributed by atoms with Crippen LogP contribution in [-0.2, 0) is 0 Å². The normalized spacial score (nSPS) is 11.0. The molecule has 0 aliphatic rings. The number of esters is 1. The summed E-state index contributed by atoms with van der Waals surface area (Å²) in [5.41, 5.74) is 1.51. The molecule has 0 amide bonds. The molecule has 0 aliphatic carbocycles. The molecule has 4 nitrogen and oxygen atoms in total. The summed E-state index contributed by atoms with van der Waals surface area (Å²) in [4.78, 5) is 16.8. The predicted octanol–water partition coefficient (Wildman–Crippen LogP) is 7.25. The van der Waals surface area contributed by atoms with Crippen LogP contribution in [0.4, 0.5) is 0 Å². The average molecular weight is 424 g/mol. The molecule has 0 unspecified atom stereocenters. The molecule has 0 saturated carbocycles. The summed E-state index contributed by atoms with van der Waals surface area (Å²) in [5, 5.41) is 0. The maximum atomic E-state index is 12.4. The van der Waals surface area contributed by atoms with Gasteiger partial charge in [0.25, 0.3) is 0 Å². The van der Waals surface area contributed by atoms with Crippen molar-refractivity contribution < 1.29 is 14.3 Å². The number of nitrogens with zero attached hydrogens (tertiary/aromatic N) is 1. The van der Waals surface area contributed by atoms with Gasteiger partial charge in [0.1, 0.15) is 11.5 Å². The fourth-order valence-corrected chi connectivity index (χ4v) is 3.17. The van der Waals surface area contributed by atoms with Gasteiger partial charge in [0.15, 0.2) is 0 Å². The topological polar surface area (TPSA) is 47.9 Å². The summed E-state index contributed by atoms with van der Waals surface area (Å²) < 4.78 is 11.2. The van der Waals surface area contributed by atoms with E-state index in [-0.39, 0.29) is 5.97 Å². The molecule has 31 heavy (non-hydrogen) atoms. The van der Waals surface area contributed by atoms with Crippen molar-refractivity contribution in [2.24, 2.45) is 4.99 Å². The molecule has 0 heterocycles. The highest BCUT2D eigenvalue weighted by Crippen LogP contribution is 2.17. The van der Waals surface area contributed by atoms with E-state index in [9.17, 15) is 4.79 Å². The Labute approximate surface area is 187 Å². The van der Waals surface area contributed by atoms with Gasteiger partial charge in [-0.3, -0.25) is 4.99 Å². The van der Waals surface area contributed by atoms with Crippen LogP contribution in [0.15, 0.2) is 53.5 Å². The molecule has 0 bridgehead atoms. The van der Waals surface area contributed by atoms with Crippen LogP contribution in [0, 0.1) is 0 Å². The van der Waals surface area contributed by atoms with Gasteiger partial charge in [-0.25, -0.2) is 4.79 Å². The third-order valence-corrected chi connectivity index (χ3v) is 5.08. The number of unbranched alkanes of at least 4 members (excludes halogenated alkanes) is 7. The van der Waals surface area contributed by atoms with Crippen molar-refractivity contribution in [3.05, 3.63) is 59.7 Å². The lowest BCUT2D eigenvalue weighted by Crippen LogP contribution is -2.08. The lowest BCUT2D eigenvalue weighted by atomic mass is 10.1. The van der Waals surface area contributed by atoms with Crippen molar-refractivity contribution >= 4 is 12.2 Å². The predicted molar refractivity (Wildman–Crippen MR) is 129 cm³/mol. The third kappa shape index (κ3) is 10.3. The van der Waals surface area contributed by atoms with Crippen LogP contribution in [0.25, 0.3) is 0 Å². The van der Waals surface area contributed by atoms with E-state index < -0.39 is 0 Å². The first-order chi connectivity index (χ1) is 15.2. The molecule has 2 aromatic carbocycles. The van der Waals surface area contributed by atoms with Crippen molar-refractivity contribution in [1.82, 2.24) is 0 Å². The van der Waals surface area contributed by atoms with Crippen molar-refractivity contribution in [1.29, 1.82) is 0 Å². The summed E-state index contributed by atoms with van der Waals surface area (Å²) in [6, 6.07) is 14.5. The van der Waals surface area contributed by atoms with E-state index in [1.54, 1.807) is 24.3 Å². The first-order valence-corrected chi connectivity index (χ1v) is 11.8. The lowest BCUT2D eigenvalue weighted by molar-refractivity contribution is 0.0734. The van der Waals surface area contributed by atoms with E-state index in [2.05, 4.69) is 18.8 Å². The van der Waals surface area contributed by atoms with E-state index in [4.69, 9.17) is 9.47 Å². The molecule has 0 aliphatic heterocycles. The highest BCUT2D eigenvalue weighted by molar-refractivity contribution is 5.91. The minimum Gasteiger partial charge on any atom is -0.494 e. The Morgan fingerprint density at radius 3 is 2.06 bits per heavy atom. The molecule has 0 aromatic heterocycles. The van der Waals surface area contributed by atoms with Gasteiger partial charge in [-0.05, 0) is 66.9 Å². The number of carbonyl (C=O) groups is 1. The Hall–Kier alpha value is -2.62. The zero-order valence-electron chi connectivity index (χ0n) is 19.1. The van der Waals surface area contributed by atoms with Crippen LogP contribution in [0.5, 0.6) is 11.5 Å². The van der Waals surface area contributed by atoms with Gasteiger partial charge in [-0.2, -0.15) is 0 Å². The molecule has 2 rings (SSSR count). The summed E-state index contributed by atoms with van der Waals surface area (Å²) in [5.74, 6) is 0.933. The number of hydrogen-bond acceptors (Lipinski definition) is 4. The molecule has 0 saturated heterocycles. The molecule has 0 atom stereocenters. The fourth-order valence-electron chi connectivity index (χ4n) is 3.17. The lowest BCUT2D eigenvalue weighted by Gasteiger charge is -2.08. The standard InChI is InChI=1S/C27H37NO3/c1-3-5-7-9-10-20-28-22-23-12-16-26(17-13-23)31-27(29)24-14-18-25(19-15-24)30-21-11-8-6-4-2/h12-19,22H,3-11,20-21H2,1-2H3. The van der Waals surface area contributed by atoms with Gasteiger partial charge >= 0.3 is 5.97 Å². The van der Waals surface area contributed by atoms with Crippen LogP contribution in [-0.4, -0.2) is 25.3 Å². The van der Waals surface area contributed by atoms with Crippen molar-refractivity contribution in [3.63, 3.8) is 0 Å². The molecule has 0 spiro atoms. The average Bonchev–Trinajstić information content (AvgIpc) is 2.80. The van der Waals surface area contributed by atoms with Gasteiger partial charge in [0, 0.05) is 12.8 Å². The van der Waals surface area contributed by atoms with Gasteiger partial charge < -0.3 is 9.47 Å². The van der Waals surface area contributed by atoms with Gasteiger partial charge in [-0.15, -0.1) is 0 Å². The minimum absolute atomic E-state index is 0.372. The molecule has 0 radical (unpaired) electrons. The van der Waals surface area contributed by atoms with Crippen molar-refractivity contribution in [2.75, 3.05) is 13.2 Å². The van der Waals surface area contributed by atoms with Crippen LogP contribution in [0.3, 0.4) is 0 Å². The van der Waals surface area contributed by atoms with E-state index in [1.165, 1.54) is 44.9 Å². The minimum atomic E-state index is -0.372. The zero-order valence-corrected chi connectivity index (χ0v) is 19.1. The second kappa shape index (κ2) is 15.2. The number of aliphatic imine (C=N–C) groups is 1. The zero-order chi connectivity index (χ0) is 22.2. The van der Waals surface area contributed by atoms with Crippen LogP contribution < -0.4 is 9.47 Å². The summed E-state index contributed by atoms with van der Waals surface area (Å²) in [6.45, 7) is 5.98. The maximum Gasteiger partial charge on any atom is 0.343 e. The Balaban J connectivity index is 1.73. The van der Waals surface area contributed by atoms with Crippen LogP contribution in [0.2, 0.25) is 0 Å². The smallest absolute Gasteiger partial charge is 0.343 e. The first kappa shape index (κ1) is 24.6. The molecule has 2 aromatic rings. The van der Waals surface area contributed by atoms with Crippen molar-refractivity contribution in [2.45, 2.75) is 71.6 Å². The number of benzene rings is 2. The van der Waals surface area contributed by atoms with Crippen LogP contribution in [0.1, 0.15) is 87.6 Å². The molecule has 0 fully saturated rings. The first-order valence-electron chi connectivity index (χ1n) is 11.8.